The Hall–Kier alpha value is -0.770. The summed E-state index contributed by atoms with van der Waals surface area (Å²) >= 11 is 0. The smallest absolute Gasteiger partial charge is 0.191 e. The highest BCUT2D eigenvalue weighted by atomic mass is 16.5. The highest BCUT2D eigenvalue weighted by Gasteiger charge is 2.65. The number of nitrogens with zero attached hydrogens (tertiary/aromatic N) is 1. The maximum Gasteiger partial charge on any atom is 0.191 e. The quantitative estimate of drug-likeness (QED) is 0.615. The molecule has 1 heterocycles. The van der Waals surface area contributed by atoms with Crippen molar-refractivity contribution in [2.75, 3.05) is 20.2 Å². The third-order valence-corrected chi connectivity index (χ3v) is 5.48. The van der Waals surface area contributed by atoms with E-state index in [1.165, 1.54) is 32.1 Å². The third kappa shape index (κ3) is 2.22. The van der Waals surface area contributed by atoms with Crippen LogP contribution in [0.4, 0.5) is 0 Å². The highest BCUT2D eigenvalue weighted by Crippen LogP contribution is 2.60. The Morgan fingerprint density at radius 1 is 1.35 bits per heavy atom. The van der Waals surface area contributed by atoms with Crippen LogP contribution >= 0.6 is 0 Å². The van der Waals surface area contributed by atoms with E-state index in [9.17, 15) is 0 Å². The molecule has 20 heavy (non-hydrogen) atoms. The molecule has 3 aliphatic rings. The van der Waals surface area contributed by atoms with Gasteiger partial charge in [0.2, 0.25) is 0 Å². The Bertz CT molecular complexity index is 374. The van der Waals surface area contributed by atoms with Gasteiger partial charge in [-0.3, -0.25) is 4.99 Å². The zero-order valence-corrected chi connectivity index (χ0v) is 13.1. The van der Waals surface area contributed by atoms with Crippen molar-refractivity contribution in [2.45, 2.75) is 58.1 Å². The zero-order chi connectivity index (χ0) is 14.2. The number of fused-ring (bicyclic) bond motifs is 2. The van der Waals surface area contributed by atoms with Gasteiger partial charge >= 0.3 is 0 Å². The van der Waals surface area contributed by atoms with Crippen LogP contribution < -0.4 is 10.6 Å². The molecule has 1 spiro atoms. The molecule has 4 heteroatoms. The van der Waals surface area contributed by atoms with Crippen molar-refractivity contribution >= 4 is 5.96 Å². The first kappa shape index (κ1) is 14.2. The molecule has 3 atom stereocenters. The van der Waals surface area contributed by atoms with Gasteiger partial charge in [0.15, 0.2) is 5.96 Å². The van der Waals surface area contributed by atoms with Crippen LogP contribution in [0.5, 0.6) is 0 Å². The Morgan fingerprint density at radius 3 is 2.75 bits per heavy atom. The molecule has 0 aromatic carbocycles. The number of hydrogen-bond acceptors (Lipinski definition) is 2. The minimum absolute atomic E-state index is 0.399. The van der Waals surface area contributed by atoms with E-state index in [1.807, 2.05) is 7.05 Å². The number of ether oxygens (including phenoxy) is 1. The molecule has 0 aromatic heterocycles. The lowest BCUT2D eigenvalue weighted by Crippen LogP contribution is -2.69. The molecule has 1 aliphatic heterocycles. The first-order valence-electron chi connectivity index (χ1n) is 8.26. The maximum absolute atomic E-state index is 6.03. The molecular formula is C16H29N3O. The van der Waals surface area contributed by atoms with Crippen LogP contribution in [0, 0.1) is 17.3 Å². The van der Waals surface area contributed by atoms with E-state index in [2.05, 4.69) is 29.5 Å². The standard InChI is InChI=1S/C16H29N3O/c1-11(2)10-18-15(17-3)19-13-12-6-9-20-14(12)16(13)7-4-5-8-16/h11-14H,4-10H2,1-3H3,(H2,17,18,19). The fraction of sp³-hybridized carbons (Fsp3) is 0.938. The molecule has 1 saturated heterocycles. The van der Waals surface area contributed by atoms with Gasteiger partial charge in [-0.05, 0) is 25.2 Å². The SMILES string of the molecule is CN=C(NCC(C)C)NC1C2CCOC2C12CCCC2. The van der Waals surface area contributed by atoms with E-state index in [-0.39, 0.29) is 0 Å². The number of aliphatic imine (C=N–C) groups is 1. The van der Waals surface area contributed by atoms with Crippen molar-refractivity contribution in [2.24, 2.45) is 22.2 Å². The van der Waals surface area contributed by atoms with Crippen LogP contribution in [-0.2, 0) is 4.74 Å². The molecule has 2 saturated carbocycles. The van der Waals surface area contributed by atoms with Gasteiger partial charge in [-0.15, -0.1) is 0 Å². The van der Waals surface area contributed by atoms with Gasteiger partial charge in [0, 0.05) is 37.6 Å². The predicted octanol–water partition coefficient (Wildman–Crippen LogP) is 2.16. The predicted molar refractivity (Wildman–Crippen MR) is 81.9 cm³/mol. The summed E-state index contributed by atoms with van der Waals surface area (Å²) in [4.78, 5) is 4.40. The van der Waals surface area contributed by atoms with E-state index in [1.54, 1.807) is 0 Å². The number of nitrogens with one attached hydrogen (secondary N) is 2. The fourth-order valence-electron chi connectivity index (χ4n) is 4.55. The van der Waals surface area contributed by atoms with Crippen LogP contribution in [-0.4, -0.2) is 38.3 Å². The van der Waals surface area contributed by atoms with Crippen molar-refractivity contribution < 1.29 is 4.74 Å². The minimum Gasteiger partial charge on any atom is -0.377 e. The van der Waals surface area contributed by atoms with Gasteiger partial charge in [-0.1, -0.05) is 26.7 Å². The Labute approximate surface area is 122 Å². The second kappa shape index (κ2) is 5.55. The van der Waals surface area contributed by atoms with Gasteiger partial charge in [-0.2, -0.15) is 0 Å². The Morgan fingerprint density at radius 2 is 2.10 bits per heavy atom. The first-order chi connectivity index (χ1) is 9.67. The summed E-state index contributed by atoms with van der Waals surface area (Å²) in [5.41, 5.74) is 0.399. The van der Waals surface area contributed by atoms with E-state index in [0.717, 1.165) is 19.1 Å². The van der Waals surface area contributed by atoms with Crippen LogP contribution in [0.15, 0.2) is 4.99 Å². The summed E-state index contributed by atoms with van der Waals surface area (Å²) in [6.45, 7) is 6.38. The van der Waals surface area contributed by atoms with Gasteiger partial charge in [0.05, 0.1) is 6.10 Å². The van der Waals surface area contributed by atoms with E-state index >= 15 is 0 Å². The van der Waals surface area contributed by atoms with Crippen LogP contribution in [0.2, 0.25) is 0 Å². The number of hydrogen-bond donors (Lipinski definition) is 2. The molecule has 4 nitrogen and oxygen atoms in total. The molecule has 0 radical (unpaired) electrons. The van der Waals surface area contributed by atoms with Crippen molar-refractivity contribution in [1.82, 2.24) is 10.6 Å². The Balaban J connectivity index is 1.66. The van der Waals surface area contributed by atoms with E-state index < -0.39 is 0 Å². The molecule has 2 aliphatic carbocycles. The summed E-state index contributed by atoms with van der Waals surface area (Å²) in [5.74, 6) is 2.31. The molecule has 3 fully saturated rings. The number of rotatable bonds is 3. The van der Waals surface area contributed by atoms with Crippen LogP contribution in [0.3, 0.4) is 0 Å². The van der Waals surface area contributed by atoms with Crippen molar-refractivity contribution in [3.8, 4) is 0 Å². The molecule has 114 valence electrons. The zero-order valence-electron chi connectivity index (χ0n) is 13.1. The van der Waals surface area contributed by atoms with Gasteiger partial charge in [-0.25, -0.2) is 0 Å². The molecule has 0 amide bonds. The van der Waals surface area contributed by atoms with E-state index in [4.69, 9.17) is 4.74 Å². The summed E-state index contributed by atoms with van der Waals surface area (Å²) in [5, 5.41) is 7.17. The van der Waals surface area contributed by atoms with E-state index in [0.29, 0.717) is 29.4 Å². The molecule has 2 N–H and O–H groups in total. The third-order valence-electron chi connectivity index (χ3n) is 5.48. The monoisotopic (exact) mass is 279 g/mol. The summed E-state index contributed by atoms with van der Waals surface area (Å²) in [6, 6.07) is 0.566. The maximum atomic E-state index is 6.03. The van der Waals surface area contributed by atoms with Gasteiger partial charge in [0.1, 0.15) is 0 Å². The fourth-order valence-corrected chi connectivity index (χ4v) is 4.55. The minimum atomic E-state index is 0.399. The topological polar surface area (TPSA) is 45.7 Å². The van der Waals surface area contributed by atoms with Crippen LogP contribution in [0.1, 0.15) is 46.0 Å². The average molecular weight is 279 g/mol. The largest absolute Gasteiger partial charge is 0.377 e. The van der Waals surface area contributed by atoms with Crippen molar-refractivity contribution in [1.29, 1.82) is 0 Å². The lowest BCUT2D eigenvalue weighted by molar-refractivity contribution is -0.125. The first-order valence-corrected chi connectivity index (χ1v) is 8.26. The molecule has 3 rings (SSSR count). The molecular weight excluding hydrogens is 250 g/mol. The average Bonchev–Trinajstić information content (AvgIpc) is 3.06. The Kier molecular flexibility index (Phi) is 3.93. The highest BCUT2D eigenvalue weighted by molar-refractivity contribution is 5.80. The van der Waals surface area contributed by atoms with Crippen molar-refractivity contribution in [3.05, 3.63) is 0 Å². The molecule has 0 aromatic rings. The van der Waals surface area contributed by atoms with Crippen LogP contribution in [0.25, 0.3) is 0 Å². The second-order valence-corrected chi connectivity index (χ2v) is 7.15. The number of guanidine groups is 1. The second-order valence-electron chi connectivity index (χ2n) is 7.15. The summed E-state index contributed by atoms with van der Waals surface area (Å²) < 4.78 is 6.03. The van der Waals surface area contributed by atoms with Crippen molar-refractivity contribution in [3.63, 3.8) is 0 Å². The molecule has 3 unspecified atom stereocenters. The normalized spacial score (nSPS) is 35.2. The lowest BCUT2D eigenvalue weighted by Gasteiger charge is -2.57. The summed E-state index contributed by atoms with van der Waals surface area (Å²) in [7, 11) is 1.87. The summed E-state index contributed by atoms with van der Waals surface area (Å²) in [6.07, 6.45) is 7.11. The van der Waals surface area contributed by atoms with Gasteiger partial charge in [0.25, 0.3) is 0 Å². The van der Waals surface area contributed by atoms with Gasteiger partial charge < -0.3 is 15.4 Å². The molecule has 0 bridgehead atoms. The lowest BCUT2D eigenvalue weighted by atomic mass is 9.54.